The summed E-state index contributed by atoms with van der Waals surface area (Å²) in [5, 5.41) is 0. The molecule has 1 nitrogen and oxygen atoms in total. The van der Waals surface area contributed by atoms with Gasteiger partial charge in [0.2, 0.25) is 11.6 Å². The molecule has 13 heavy (non-hydrogen) atoms. The first kappa shape index (κ1) is 9.89. The van der Waals surface area contributed by atoms with Crippen molar-refractivity contribution in [3.63, 3.8) is 0 Å². The Morgan fingerprint density at radius 1 is 0.923 bits per heavy atom. The average Bonchev–Trinajstić information content (AvgIpc) is 2.13. The molecule has 0 atom stereocenters. The van der Waals surface area contributed by atoms with E-state index in [4.69, 9.17) is 0 Å². The minimum Gasteiger partial charge on any atom is -0.564 e. The quantitative estimate of drug-likeness (QED) is 0.373. The van der Waals surface area contributed by atoms with Gasteiger partial charge < -0.3 is 4.65 Å². The molecular formula is C7H3BF4O. The first-order valence-corrected chi connectivity index (χ1v) is 3.20. The molecule has 0 amide bonds. The average molecular weight is 190 g/mol. The van der Waals surface area contributed by atoms with Gasteiger partial charge >= 0.3 is 8.05 Å². The van der Waals surface area contributed by atoms with E-state index in [0.717, 1.165) is 6.92 Å². The Morgan fingerprint density at radius 3 is 1.62 bits per heavy atom. The maximum absolute atomic E-state index is 12.7. The number of hydrogen-bond donors (Lipinski definition) is 0. The van der Waals surface area contributed by atoms with Gasteiger partial charge in [0.1, 0.15) is 0 Å². The molecule has 0 saturated heterocycles. The van der Waals surface area contributed by atoms with E-state index >= 15 is 0 Å². The summed E-state index contributed by atoms with van der Waals surface area (Å²) in [6.07, 6.45) is 0. The lowest BCUT2D eigenvalue weighted by Gasteiger charge is -2.07. The molecule has 0 saturated carbocycles. The molecule has 68 valence electrons. The second kappa shape index (κ2) is 3.28. The van der Waals surface area contributed by atoms with E-state index in [2.05, 4.69) is 12.7 Å². The Labute approximate surface area is 72.8 Å². The monoisotopic (exact) mass is 190 g/mol. The minimum absolute atomic E-state index is 0.754. The van der Waals surface area contributed by atoms with Crippen molar-refractivity contribution in [3.05, 3.63) is 28.8 Å². The highest BCUT2D eigenvalue weighted by molar-refractivity contribution is 6.00. The molecule has 1 rings (SSSR count). The van der Waals surface area contributed by atoms with E-state index < -0.39 is 34.6 Å². The van der Waals surface area contributed by atoms with Crippen LogP contribution in [0.25, 0.3) is 0 Å². The third-order valence-corrected chi connectivity index (χ3v) is 1.56. The van der Waals surface area contributed by atoms with Crippen LogP contribution in [0.1, 0.15) is 5.56 Å². The lowest BCUT2D eigenvalue weighted by atomic mass is 10.2. The van der Waals surface area contributed by atoms with Gasteiger partial charge in [0.25, 0.3) is 0 Å². The van der Waals surface area contributed by atoms with E-state index in [1.54, 1.807) is 0 Å². The van der Waals surface area contributed by atoms with Crippen LogP contribution in [0.4, 0.5) is 17.6 Å². The fraction of sp³-hybridized carbons (Fsp3) is 0.143. The molecule has 0 aliphatic carbocycles. The standard InChI is InChI=1S/C7H3BF4O/c1-2-3(9)5(11)7(13-8)6(12)4(2)10/h1H3. The molecule has 0 spiro atoms. The lowest BCUT2D eigenvalue weighted by Crippen LogP contribution is -2.03. The molecule has 1 aromatic rings. The highest BCUT2D eigenvalue weighted by Gasteiger charge is 2.22. The van der Waals surface area contributed by atoms with E-state index in [9.17, 15) is 17.6 Å². The van der Waals surface area contributed by atoms with Crippen LogP contribution in [0, 0.1) is 30.2 Å². The molecule has 1 aromatic carbocycles. The highest BCUT2D eigenvalue weighted by Crippen LogP contribution is 2.28. The Hall–Kier alpha value is -1.20. The molecule has 0 heterocycles. The van der Waals surface area contributed by atoms with Crippen molar-refractivity contribution in [2.24, 2.45) is 0 Å². The predicted molar refractivity (Wildman–Crippen MR) is 37.4 cm³/mol. The van der Waals surface area contributed by atoms with Crippen molar-refractivity contribution >= 4 is 8.05 Å². The molecule has 0 unspecified atom stereocenters. The maximum Gasteiger partial charge on any atom is 0.374 e. The van der Waals surface area contributed by atoms with Gasteiger partial charge in [0.05, 0.1) is 0 Å². The van der Waals surface area contributed by atoms with Crippen LogP contribution in [0.5, 0.6) is 5.75 Å². The largest absolute Gasteiger partial charge is 0.564 e. The summed E-state index contributed by atoms with van der Waals surface area (Å²) in [4.78, 5) is 0. The van der Waals surface area contributed by atoms with E-state index in [-0.39, 0.29) is 0 Å². The van der Waals surface area contributed by atoms with Gasteiger partial charge in [-0.3, -0.25) is 0 Å². The van der Waals surface area contributed by atoms with Crippen LogP contribution in [0.3, 0.4) is 0 Å². The zero-order valence-corrected chi connectivity index (χ0v) is 6.50. The maximum atomic E-state index is 12.7. The van der Waals surface area contributed by atoms with Crippen LogP contribution in [0.2, 0.25) is 0 Å². The summed E-state index contributed by atoms with van der Waals surface area (Å²) >= 11 is 0. The first-order chi connectivity index (χ1) is 6.00. The summed E-state index contributed by atoms with van der Waals surface area (Å²) < 4.78 is 54.5. The van der Waals surface area contributed by atoms with Crippen molar-refractivity contribution in [1.29, 1.82) is 0 Å². The van der Waals surface area contributed by atoms with Gasteiger partial charge in [-0.15, -0.1) is 0 Å². The van der Waals surface area contributed by atoms with E-state index in [1.807, 2.05) is 0 Å². The number of benzene rings is 1. The zero-order valence-electron chi connectivity index (χ0n) is 6.50. The van der Waals surface area contributed by atoms with Gasteiger partial charge in [-0.25, -0.2) is 8.78 Å². The summed E-state index contributed by atoms with van der Waals surface area (Å²) in [6.45, 7) is 0.900. The molecule has 0 aliphatic rings. The summed E-state index contributed by atoms with van der Waals surface area (Å²) in [5.74, 6) is -7.57. The normalized spacial score (nSPS) is 10.2. The topological polar surface area (TPSA) is 9.23 Å². The molecule has 6 heteroatoms. The fourth-order valence-corrected chi connectivity index (χ4v) is 0.825. The smallest absolute Gasteiger partial charge is 0.374 e. The van der Waals surface area contributed by atoms with Gasteiger partial charge in [0, 0.05) is 5.56 Å². The van der Waals surface area contributed by atoms with Crippen molar-refractivity contribution in [2.75, 3.05) is 0 Å². The molecule has 0 bridgehead atoms. The summed E-state index contributed by atoms with van der Waals surface area (Å²) in [7, 11) is 4.43. The minimum atomic E-state index is -1.64. The first-order valence-electron chi connectivity index (χ1n) is 3.20. The zero-order chi connectivity index (χ0) is 10.2. The van der Waals surface area contributed by atoms with Crippen molar-refractivity contribution in [1.82, 2.24) is 0 Å². The van der Waals surface area contributed by atoms with Gasteiger partial charge in [-0.05, 0) is 6.92 Å². The summed E-state index contributed by atoms with van der Waals surface area (Å²) in [5.41, 5.74) is -0.754. The molecule has 0 fully saturated rings. The molecule has 2 radical (unpaired) electrons. The van der Waals surface area contributed by atoms with E-state index in [0.29, 0.717) is 0 Å². The van der Waals surface area contributed by atoms with Crippen LogP contribution >= 0.6 is 0 Å². The number of halogens is 4. The van der Waals surface area contributed by atoms with Crippen molar-refractivity contribution in [2.45, 2.75) is 6.92 Å². The van der Waals surface area contributed by atoms with Crippen molar-refractivity contribution < 1.29 is 22.2 Å². The molecular weight excluding hydrogens is 187 g/mol. The van der Waals surface area contributed by atoms with E-state index in [1.165, 1.54) is 0 Å². The van der Waals surface area contributed by atoms with Crippen LogP contribution < -0.4 is 4.65 Å². The molecule has 0 aromatic heterocycles. The summed E-state index contributed by atoms with van der Waals surface area (Å²) in [6, 6.07) is 0. The van der Waals surface area contributed by atoms with Crippen molar-refractivity contribution in [3.8, 4) is 5.75 Å². The van der Waals surface area contributed by atoms with Crippen LogP contribution in [0.15, 0.2) is 0 Å². The second-order valence-electron chi connectivity index (χ2n) is 2.33. The lowest BCUT2D eigenvalue weighted by molar-refractivity contribution is 0.398. The Bertz CT molecular complexity index is 324. The molecule has 0 N–H and O–H groups in total. The van der Waals surface area contributed by atoms with Gasteiger partial charge in [-0.1, -0.05) is 0 Å². The predicted octanol–water partition coefficient (Wildman–Crippen LogP) is 2.01. The third kappa shape index (κ3) is 1.36. The fourth-order valence-electron chi connectivity index (χ4n) is 0.825. The molecule has 0 aliphatic heterocycles. The highest BCUT2D eigenvalue weighted by atomic mass is 19.2. The SMILES string of the molecule is [B]Oc1c(F)c(F)c(C)c(F)c1F. The third-order valence-electron chi connectivity index (χ3n) is 1.56. The van der Waals surface area contributed by atoms with Crippen LogP contribution in [-0.2, 0) is 0 Å². The number of rotatable bonds is 1. The van der Waals surface area contributed by atoms with Crippen LogP contribution in [-0.4, -0.2) is 8.05 Å². The number of hydrogen-bond acceptors (Lipinski definition) is 1. The van der Waals surface area contributed by atoms with Gasteiger partial charge in [0.15, 0.2) is 17.4 Å². The Kier molecular flexibility index (Phi) is 2.49. The Balaban J connectivity index is 3.56. The second-order valence-corrected chi connectivity index (χ2v) is 2.33. The van der Waals surface area contributed by atoms with Gasteiger partial charge in [-0.2, -0.15) is 8.78 Å². The Morgan fingerprint density at radius 2 is 1.31 bits per heavy atom.